The van der Waals surface area contributed by atoms with Crippen LogP contribution in [0.2, 0.25) is 5.02 Å². The van der Waals surface area contributed by atoms with E-state index in [9.17, 15) is 0 Å². The lowest BCUT2D eigenvalue weighted by molar-refractivity contribution is 0.372. The number of rotatable bonds is 4. The van der Waals surface area contributed by atoms with Crippen LogP contribution in [-0.2, 0) is 5.54 Å². The Kier molecular flexibility index (Phi) is 4.24. The maximum atomic E-state index is 6.38. The van der Waals surface area contributed by atoms with Gasteiger partial charge in [0.25, 0.3) is 5.89 Å². The Morgan fingerprint density at radius 2 is 2.14 bits per heavy atom. The lowest BCUT2D eigenvalue weighted by Gasteiger charge is -2.17. The van der Waals surface area contributed by atoms with Crippen molar-refractivity contribution in [3.63, 3.8) is 0 Å². The molecule has 4 nitrogen and oxygen atoms in total. The highest BCUT2D eigenvalue weighted by atomic mass is 35.5. The van der Waals surface area contributed by atoms with Crippen molar-refractivity contribution in [3.8, 4) is 11.5 Å². The van der Waals surface area contributed by atoms with Crippen LogP contribution in [0.3, 0.4) is 0 Å². The van der Waals surface area contributed by atoms with Gasteiger partial charge in [-0.1, -0.05) is 36.5 Å². The maximum absolute atomic E-state index is 6.38. The zero-order chi connectivity index (χ0) is 14.9. The van der Waals surface area contributed by atoms with Gasteiger partial charge in [-0.2, -0.15) is 4.98 Å². The second-order valence-corrected chi connectivity index (χ2v) is 7.10. The summed E-state index contributed by atoms with van der Waals surface area (Å²) in [5.41, 5.74) is 6.83. The minimum atomic E-state index is -0.432. The molecular weight excluding hydrogens is 306 g/mol. The Morgan fingerprint density at radius 3 is 2.86 bits per heavy atom. The van der Waals surface area contributed by atoms with Crippen LogP contribution in [0.15, 0.2) is 27.6 Å². The number of halogens is 1. The molecular formula is C15H18ClN3OS. The highest BCUT2D eigenvalue weighted by Gasteiger charge is 2.36. The first-order valence-electron chi connectivity index (χ1n) is 7.18. The number of nitrogens with zero attached hydrogens (tertiary/aromatic N) is 2. The minimum Gasteiger partial charge on any atom is -0.334 e. The third-order valence-electron chi connectivity index (χ3n) is 3.84. The summed E-state index contributed by atoms with van der Waals surface area (Å²) in [5.74, 6) is 2.08. The van der Waals surface area contributed by atoms with Crippen LogP contribution in [0, 0.1) is 0 Å². The third kappa shape index (κ3) is 2.96. The van der Waals surface area contributed by atoms with E-state index >= 15 is 0 Å². The highest BCUT2D eigenvalue weighted by molar-refractivity contribution is 7.99. The zero-order valence-corrected chi connectivity index (χ0v) is 13.5. The van der Waals surface area contributed by atoms with Gasteiger partial charge in [0.1, 0.15) is 0 Å². The molecule has 1 heterocycles. The molecule has 1 aromatic carbocycles. The van der Waals surface area contributed by atoms with Gasteiger partial charge in [-0.05, 0) is 36.8 Å². The summed E-state index contributed by atoms with van der Waals surface area (Å²) >= 11 is 7.83. The molecule has 21 heavy (non-hydrogen) atoms. The first-order valence-corrected chi connectivity index (χ1v) is 8.54. The van der Waals surface area contributed by atoms with E-state index in [0.29, 0.717) is 16.7 Å². The molecule has 1 aliphatic carbocycles. The van der Waals surface area contributed by atoms with Gasteiger partial charge in [0.05, 0.1) is 11.1 Å². The molecule has 0 atom stereocenters. The lowest BCUT2D eigenvalue weighted by atomic mass is 9.99. The minimum absolute atomic E-state index is 0.432. The summed E-state index contributed by atoms with van der Waals surface area (Å²) in [6.07, 6.45) is 4.07. The van der Waals surface area contributed by atoms with Gasteiger partial charge in [-0.15, -0.1) is 11.8 Å². The van der Waals surface area contributed by atoms with Crippen molar-refractivity contribution in [2.24, 2.45) is 5.73 Å². The molecule has 0 unspecified atom stereocenters. The van der Waals surface area contributed by atoms with Crippen LogP contribution in [0.1, 0.15) is 38.4 Å². The normalized spacial score (nSPS) is 17.3. The average molecular weight is 324 g/mol. The number of thioether (sulfide) groups is 1. The van der Waals surface area contributed by atoms with Gasteiger partial charge in [0.15, 0.2) is 5.82 Å². The standard InChI is InChI=1S/C15H18ClN3OS/c1-2-21-12-6-5-10(16)9-11(12)13-18-14(19-20-13)15(17)7-3-4-8-15/h5-6,9H,2-4,7-8,17H2,1H3. The lowest BCUT2D eigenvalue weighted by Crippen LogP contribution is -2.34. The molecule has 0 saturated heterocycles. The van der Waals surface area contributed by atoms with Gasteiger partial charge in [-0.25, -0.2) is 0 Å². The fraction of sp³-hybridized carbons (Fsp3) is 0.467. The molecule has 1 aliphatic rings. The van der Waals surface area contributed by atoms with E-state index in [4.69, 9.17) is 21.9 Å². The molecule has 6 heteroatoms. The molecule has 0 amide bonds. The quantitative estimate of drug-likeness (QED) is 0.853. The number of nitrogens with two attached hydrogens (primary N) is 1. The molecule has 3 rings (SSSR count). The number of aromatic nitrogens is 2. The van der Waals surface area contributed by atoms with E-state index in [1.165, 1.54) is 0 Å². The second-order valence-electron chi connectivity index (χ2n) is 5.36. The summed E-state index contributed by atoms with van der Waals surface area (Å²) in [6, 6.07) is 5.74. The van der Waals surface area contributed by atoms with Crippen molar-refractivity contribution in [3.05, 3.63) is 29.0 Å². The largest absolute Gasteiger partial charge is 0.334 e. The van der Waals surface area contributed by atoms with Crippen LogP contribution in [0.25, 0.3) is 11.5 Å². The summed E-state index contributed by atoms with van der Waals surface area (Å²) in [4.78, 5) is 5.64. The molecule has 0 radical (unpaired) electrons. The topological polar surface area (TPSA) is 64.9 Å². The van der Waals surface area contributed by atoms with Crippen molar-refractivity contribution in [2.75, 3.05) is 5.75 Å². The van der Waals surface area contributed by atoms with E-state index in [0.717, 1.165) is 41.9 Å². The highest BCUT2D eigenvalue weighted by Crippen LogP contribution is 2.37. The van der Waals surface area contributed by atoms with E-state index in [-0.39, 0.29) is 0 Å². The fourth-order valence-corrected chi connectivity index (χ4v) is 3.66. The Hall–Kier alpha value is -1.04. The Labute approximate surface area is 133 Å². The van der Waals surface area contributed by atoms with Crippen molar-refractivity contribution in [2.45, 2.75) is 43.0 Å². The molecule has 112 valence electrons. The predicted molar refractivity (Wildman–Crippen MR) is 85.5 cm³/mol. The Morgan fingerprint density at radius 1 is 1.38 bits per heavy atom. The molecule has 1 aromatic heterocycles. The van der Waals surface area contributed by atoms with Crippen LogP contribution in [0.5, 0.6) is 0 Å². The Balaban J connectivity index is 1.98. The van der Waals surface area contributed by atoms with Crippen LogP contribution < -0.4 is 5.73 Å². The zero-order valence-electron chi connectivity index (χ0n) is 11.9. The first-order chi connectivity index (χ1) is 10.1. The van der Waals surface area contributed by atoms with E-state index < -0.39 is 5.54 Å². The molecule has 0 spiro atoms. The number of hydrogen-bond acceptors (Lipinski definition) is 5. The molecule has 0 aliphatic heterocycles. The number of hydrogen-bond donors (Lipinski definition) is 1. The summed E-state index contributed by atoms with van der Waals surface area (Å²) in [7, 11) is 0. The van der Waals surface area contributed by atoms with Gasteiger partial charge in [0.2, 0.25) is 0 Å². The fourth-order valence-electron chi connectivity index (χ4n) is 2.72. The second kappa shape index (κ2) is 5.99. The summed E-state index contributed by atoms with van der Waals surface area (Å²) in [5, 5.41) is 4.77. The van der Waals surface area contributed by atoms with Crippen molar-refractivity contribution in [1.82, 2.24) is 10.1 Å². The smallest absolute Gasteiger partial charge is 0.259 e. The van der Waals surface area contributed by atoms with Crippen LogP contribution in [0.4, 0.5) is 0 Å². The molecule has 2 aromatic rings. The van der Waals surface area contributed by atoms with E-state index in [2.05, 4.69) is 17.1 Å². The van der Waals surface area contributed by atoms with Gasteiger partial charge < -0.3 is 10.3 Å². The first kappa shape index (κ1) is 14.9. The maximum Gasteiger partial charge on any atom is 0.259 e. The van der Waals surface area contributed by atoms with Crippen LogP contribution >= 0.6 is 23.4 Å². The van der Waals surface area contributed by atoms with E-state index in [1.54, 1.807) is 11.8 Å². The predicted octanol–water partition coefficient (Wildman–Crippen LogP) is 4.23. The van der Waals surface area contributed by atoms with Crippen molar-refractivity contribution in [1.29, 1.82) is 0 Å². The van der Waals surface area contributed by atoms with E-state index in [1.807, 2.05) is 18.2 Å². The van der Waals surface area contributed by atoms with Crippen molar-refractivity contribution < 1.29 is 4.52 Å². The third-order valence-corrected chi connectivity index (χ3v) is 5.03. The van der Waals surface area contributed by atoms with Gasteiger partial charge in [0, 0.05) is 9.92 Å². The molecule has 1 fully saturated rings. The van der Waals surface area contributed by atoms with Gasteiger partial charge >= 0.3 is 0 Å². The van der Waals surface area contributed by atoms with Crippen molar-refractivity contribution >= 4 is 23.4 Å². The van der Waals surface area contributed by atoms with Crippen LogP contribution in [-0.4, -0.2) is 15.9 Å². The molecule has 2 N–H and O–H groups in total. The number of benzene rings is 1. The molecule has 1 saturated carbocycles. The molecule has 0 bridgehead atoms. The summed E-state index contributed by atoms with van der Waals surface area (Å²) < 4.78 is 5.46. The monoisotopic (exact) mass is 323 g/mol. The summed E-state index contributed by atoms with van der Waals surface area (Å²) in [6.45, 7) is 2.11. The Bertz CT molecular complexity index is 638. The SMILES string of the molecule is CCSc1ccc(Cl)cc1-c1nc(C2(N)CCCC2)no1. The van der Waals surface area contributed by atoms with Gasteiger partial charge in [-0.3, -0.25) is 0 Å². The average Bonchev–Trinajstić information content (AvgIpc) is 3.11.